The zero-order valence-electron chi connectivity index (χ0n) is 15.5. The molecule has 1 N–H and O–H groups in total. The van der Waals surface area contributed by atoms with Gasteiger partial charge in [0.05, 0.1) is 17.1 Å². The number of pyridine rings is 1. The van der Waals surface area contributed by atoms with Gasteiger partial charge in [0.25, 0.3) is 0 Å². The van der Waals surface area contributed by atoms with Crippen molar-refractivity contribution in [3.63, 3.8) is 0 Å². The average molecular weight is 383 g/mol. The molecule has 0 bridgehead atoms. The van der Waals surface area contributed by atoms with Gasteiger partial charge in [-0.2, -0.15) is 9.67 Å². The lowest BCUT2D eigenvalue weighted by molar-refractivity contribution is -0.603. The third kappa shape index (κ3) is 2.34. The van der Waals surface area contributed by atoms with Crippen molar-refractivity contribution in [1.82, 2.24) is 10.2 Å². The van der Waals surface area contributed by atoms with Crippen LogP contribution in [-0.4, -0.2) is 10.2 Å². The van der Waals surface area contributed by atoms with Crippen LogP contribution in [0.15, 0.2) is 66.3 Å². The van der Waals surface area contributed by atoms with Gasteiger partial charge in [-0.05, 0) is 54.5 Å². The molecule has 6 rings (SSSR count). The van der Waals surface area contributed by atoms with Crippen LogP contribution in [0.5, 0.6) is 0 Å². The molecule has 0 fully saturated rings. The summed E-state index contributed by atoms with van der Waals surface area (Å²) in [4.78, 5) is 0. The first-order valence-electron chi connectivity index (χ1n) is 9.85. The average Bonchev–Trinajstić information content (AvgIpc) is 3.42. The lowest BCUT2D eigenvalue weighted by Crippen LogP contribution is -2.37. The molecule has 3 aromatic heterocycles. The highest BCUT2D eigenvalue weighted by Gasteiger charge is 2.24. The van der Waals surface area contributed by atoms with Gasteiger partial charge in [0.1, 0.15) is 0 Å². The maximum Gasteiger partial charge on any atom is 0.221 e. The number of H-pyrrole nitrogens is 1. The van der Waals surface area contributed by atoms with Crippen LogP contribution in [0.3, 0.4) is 0 Å². The van der Waals surface area contributed by atoms with E-state index in [1.54, 1.807) is 11.3 Å². The summed E-state index contributed by atoms with van der Waals surface area (Å²) in [5, 5.41) is 12.3. The molecule has 3 heterocycles. The Morgan fingerprint density at radius 2 is 1.86 bits per heavy atom. The van der Waals surface area contributed by atoms with Crippen LogP contribution < -0.4 is 4.57 Å². The van der Waals surface area contributed by atoms with E-state index in [0.717, 1.165) is 11.9 Å². The van der Waals surface area contributed by atoms with Crippen molar-refractivity contribution < 1.29 is 4.57 Å². The maximum atomic E-state index is 4.42. The van der Waals surface area contributed by atoms with Crippen molar-refractivity contribution in [2.24, 2.45) is 0 Å². The van der Waals surface area contributed by atoms with E-state index in [1.165, 1.54) is 62.8 Å². The maximum absolute atomic E-state index is 4.42. The number of rotatable bonds is 2. The molecule has 28 heavy (non-hydrogen) atoms. The van der Waals surface area contributed by atoms with Crippen LogP contribution in [0.25, 0.3) is 37.8 Å². The number of aromatic nitrogens is 3. The van der Waals surface area contributed by atoms with Gasteiger partial charge < -0.3 is 0 Å². The predicted octanol–water partition coefficient (Wildman–Crippen LogP) is 5.60. The Bertz CT molecular complexity index is 1330. The van der Waals surface area contributed by atoms with Crippen molar-refractivity contribution in [2.75, 3.05) is 0 Å². The molecule has 3 nitrogen and oxygen atoms in total. The topological polar surface area (TPSA) is 32.6 Å². The molecular weight excluding hydrogens is 362 g/mol. The molecular formula is C24H20N3S+. The monoisotopic (exact) mass is 382 g/mol. The van der Waals surface area contributed by atoms with E-state index in [0.29, 0.717) is 0 Å². The largest absolute Gasteiger partial charge is 0.277 e. The van der Waals surface area contributed by atoms with Crippen LogP contribution in [-0.2, 0) is 12.8 Å². The van der Waals surface area contributed by atoms with Crippen molar-refractivity contribution in [2.45, 2.75) is 25.7 Å². The number of hydrogen-bond donors (Lipinski definition) is 1. The van der Waals surface area contributed by atoms with E-state index in [9.17, 15) is 0 Å². The van der Waals surface area contributed by atoms with E-state index < -0.39 is 0 Å². The summed E-state index contributed by atoms with van der Waals surface area (Å²) in [6.07, 6.45) is 9.06. The van der Waals surface area contributed by atoms with Crippen LogP contribution in [0.1, 0.15) is 24.1 Å². The summed E-state index contributed by atoms with van der Waals surface area (Å²) in [6, 6.07) is 17.7. The van der Waals surface area contributed by atoms with Crippen molar-refractivity contribution in [1.29, 1.82) is 0 Å². The number of thiophene rings is 1. The number of nitrogens with zero attached hydrogens (tertiary/aromatic N) is 2. The first kappa shape index (κ1) is 16.0. The van der Waals surface area contributed by atoms with Gasteiger partial charge in [-0.1, -0.05) is 12.1 Å². The van der Waals surface area contributed by atoms with Gasteiger partial charge in [0.15, 0.2) is 11.9 Å². The molecule has 0 radical (unpaired) electrons. The fourth-order valence-electron chi connectivity index (χ4n) is 4.61. The quantitative estimate of drug-likeness (QED) is 0.396. The Morgan fingerprint density at radius 1 is 0.893 bits per heavy atom. The first-order chi connectivity index (χ1) is 13.9. The molecule has 1 aliphatic rings. The summed E-state index contributed by atoms with van der Waals surface area (Å²) >= 11 is 1.79. The number of hydrogen-bond acceptors (Lipinski definition) is 2. The van der Waals surface area contributed by atoms with Crippen molar-refractivity contribution in [3.05, 3.63) is 77.6 Å². The molecule has 0 saturated heterocycles. The second-order valence-corrected chi connectivity index (χ2v) is 8.43. The predicted molar refractivity (Wildman–Crippen MR) is 115 cm³/mol. The normalized spacial score (nSPS) is 13.9. The molecule has 0 aliphatic heterocycles. The number of benzene rings is 2. The molecule has 0 saturated carbocycles. The number of fused-ring (bicyclic) bond motifs is 3. The Morgan fingerprint density at radius 3 is 2.86 bits per heavy atom. The van der Waals surface area contributed by atoms with Crippen LogP contribution >= 0.6 is 11.3 Å². The van der Waals surface area contributed by atoms with Crippen LogP contribution in [0.2, 0.25) is 0 Å². The van der Waals surface area contributed by atoms with Gasteiger partial charge in [-0.15, -0.1) is 11.3 Å². The van der Waals surface area contributed by atoms with Crippen LogP contribution in [0.4, 0.5) is 0 Å². The third-order valence-electron chi connectivity index (χ3n) is 5.94. The minimum absolute atomic E-state index is 1.11. The summed E-state index contributed by atoms with van der Waals surface area (Å²) in [5.74, 6) is 0. The second-order valence-electron chi connectivity index (χ2n) is 7.49. The minimum atomic E-state index is 1.11. The van der Waals surface area contributed by atoms with Gasteiger partial charge >= 0.3 is 0 Å². The van der Waals surface area contributed by atoms with Gasteiger partial charge in [-0.25, -0.2) is 0 Å². The van der Waals surface area contributed by atoms with Gasteiger partial charge in [0, 0.05) is 39.8 Å². The highest BCUT2D eigenvalue weighted by molar-refractivity contribution is 7.17. The Balaban J connectivity index is 1.60. The van der Waals surface area contributed by atoms with E-state index in [2.05, 4.69) is 74.9 Å². The summed E-state index contributed by atoms with van der Waals surface area (Å²) in [5.41, 5.74) is 7.73. The zero-order valence-corrected chi connectivity index (χ0v) is 16.3. The fraction of sp³-hybridized carbons (Fsp3) is 0.167. The highest BCUT2D eigenvalue weighted by Crippen LogP contribution is 2.36. The Kier molecular flexibility index (Phi) is 3.59. The molecule has 4 heteroatoms. The molecule has 2 aromatic carbocycles. The van der Waals surface area contributed by atoms with Gasteiger partial charge in [-0.3, -0.25) is 5.10 Å². The molecule has 0 unspecified atom stereocenters. The molecule has 136 valence electrons. The number of aryl methyl sites for hydroxylation is 1. The molecule has 0 atom stereocenters. The molecule has 5 aromatic rings. The lowest BCUT2D eigenvalue weighted by atomic mass is 9.95. The zero-order chi connectivity index (χ0) is 18.5. The molecule has 0 amide bonds. The summed E-state index contributed by atoms with van der Waals surface area (Å²) < 4.78 is 3.70. The van der Waals surface area contributed by atoms with E-state index in [-0.39, 0.29) is 0 Å². The van der Waals surface area contributed by atoms with Gasteiger partial charge in [0.2, 0.25) is 5.69 Å². The summed E-state index contributed by atoms with van der Waals surface area (Å²) in [7, 11) is 0. The number of aromatic amines is 1. The molecule has 0 spiro atoms. The minimum Gasteiger partial charge on any atom is -0.277 e. The Labute approximate surface area is 167 Å². The smallest absolute Gasteiger partial charge is 0.221 e. The van der Waals surface area contributed by atoms with Crippen molar-refractivity contribution >= 4 is 32.3 Å². The first-order valence-corrected chi connectivity index (χ1v) is 10.7. The lowest BCUT2D eigenvalue weighted by Gasteiger charge is -2.14. The number of nitrogens with one attached hydrogen (secondary N) is 1. The molecule has 1 aliphatic carbocycles. The van der Waals surface area contributed by atoms with Crippen molar-refractivity contribution in [3.8, 4) is 16.8 Å². The fourth-order valence-corrected chi connectivity index (χ4v) is 5.43. The highest BCUT2D eigenvalue weighted by atomic mass is 32.1. The van der Waals surface area contributed by atoms with E-state index in [1.807, 2.05) is 6.20 Å². The van der Waals surface area contributed by atoms with E-state index in [4.69, 9.17) is 0 Å². The SMILES string of the molecule is c1cc(-c2ccc(-[n+]3cccc4c3CCCC4)c3cn[nH]c23)c2ccsc2c1. The summed E-state index contributed by atoms with van der Waals surface area (Å²) in [6.45, 7) is 0. The second kappa shape index (κ2) is 6.28. The van der Waals surface area contributed by atoms with Crippen LogP contribution in [0, 0.1) is 0 Å². The third-order valence-corrected chi connectivity index (χ3v) is 6.82. The standard InChI is InChI=1S/C24H20N3S/c1-2-8-21-16(5-1)6-4-13-27(21)22-11-10-19(24-20(22)15-25-26-24)17-7-3-9-23-18(17)12-14-28-23/h3-4,6-7,9-15H,1-2,5,8H2,(H,25,26)/q+1. The van der Waals surface area contributed by atoms with E-state index >= 15 is 0 Å². The Hall–Kier alpha value is -2.98.